The minimum absolute atomic E-state index is 0.245. The van der Waals surface area contributed by atoms with Crippen LogP contribution in [0.2, 0.25) is 0 Å². The molecule has 0 aromatic heterocycles. The van der Waals surface area contributed by atoms with Crippen LogP contribution in [-0.4, -0.2) is 13.1 Å². The van der Waals surface area contributed by atoms with Gasteiger partial charge in [0, 0.05) is 6.92 Å². The summed E-state index contributed by atoms with van der Waals surface area (Å²) in [5.41, 5.74) is 0. The molecule has 0 heterocycles. The molecule has 0 aromatic rings. The summed E-state index contributed by atoms with van der Waals surface area (Å²) in [7, 11) is 1.35. The molecule has 1 aliphatic rings. The van der Waals surface area contributed by atoms with Gasteiger partial charge in [0.05, 0.1) is 7.11 Å². The lowest BCUT2D eigenvalue weighted by molar-refractivity contribution is -0.137. The number of hydrogen-bond acceptors (Lipinski definition) is 2. The standard InChI is InChI=1S/C9H18.C3H6O2/c1-7-4-5-8(2)9(3)6-7;1-3(4)5-2/h7-9H,4-6H2,1-3H3;1-2H3. The lowest BCUT2D eigenvalue weighted by atomic mass is 9.77. The van der Waals surface area contributed by atoms with E-state index in [1.807, 2.05) is 0 Å². The van der Waals surface area contributed by atoms with Gasteiger partial charge in [-0.05, 0) is 24.2 Å². The molecule has 0 saturated heterocycles. The first kappa shape index (κ1) is 13.5. The van der Waals surface area contributed by atoms with Gasteiger partial charge in [-0.25, -0.2) is 0 Å². The maximum atomic E-state index is 9.59. The van der Waals surface area contributed by atoms with E-state index >= 15 is 0 Å². The van der Waals surface area contributed by atoms with E-state index in [9.17, 15) is 4.79 Å². The van der Waals surface area contributed by atoms with Crippen LogP contribution in [0.4, 0.5) is 0 Å². The van der Waals surface area contributed by atoms with E-state index in [1.54, 1.807) is 0 Å². The van der Waals surface area contributed by atoms with Crippen LogP contribution in [0, 0.1) is 17.8 Å². The molecule has 1 aliphatic carbocycles. The summed E-state index contributed by atoms with van der Waals surface area (Å²) < 4.78 is 4.11. The number of methoxy groups -OCH3 is 1. The Bertz CT molecular complexity index is 166. The van der Waals surface area contributed by atoms with Gasteiger partial charge in [0.15, 0.2) is 0 Å². The topological polar surface area (TPSA) is 26.3 Å². The lowest BCUT2D eigenvalue weighted by Crippen LogP contribution is -2.18. The van der Waals surface area contributed by atoms with Gasteiger partial charge in [-0.2, -0.15) is 0 Å². The molecule has 0 amide bonds. The molecular formula is C12H24O2. The number of carbonyl (C=O) groups is 1. The average molecular weight is 200 g/mol. The molecule has 84 valence electrons. The normalized spacial score (nSPS) is 31.4. The molecule has 0 spiro atoms. The zero-order valence-electron chi connectivity index (χ0n) is 10.2. The molecule has 14 heavy (non-hydrogen) atoms. The Labute approximate surface area is 88.0 Å². The average Bonchev–Trinajstić information content (AvgIpc) is 2.13. The third-order valence-electron chi connectivity index (χ3n) is 3.15. The molecule has 2 nitrogen and oxygen atoms in total. The fraction of sp³-hybridized carbons (Fsp3) is 0.917. The van der Waals surface area contributed by atoms with Crippen LogP contribution in [0.25, 0.3) is 0 Å². The van der Waals surface area contributed by atoms with E-state index in [0.717, 1.165) is 17.8 Å². The third kappa shape index (κ3) is 6.01. The fourth-order valence-electron chi connectivity index (χ4n) is 1.82. The Balaban J connectivity index is 0.000000292. The first-order valence-electron chi connectivity index (χ1n) is 5.51. The van der Waals surface area contributed by atoms with Gasteiger partial charge in [-0.15, -0.1) is 0 Å². The second kappa shape index (κ2) is 6.86. The number of esters is 1. The summed E-state index contributed by atoms with van der Waals surface area (Å²) in [4.78, 5) is 9.59. The molecule has 1 saturated carbocycles. The van der Waals surface area contributed by atoms with Crippen LogP contribution in [0.3, 0.4) is 0 Å². The van der Waals surface area contributed by atoms with Crippen molar-refractivity contribution in [1.29, 1.82) is 0 Å². The predicted octanol–water partition coefficient (Wildman–Crippen LogP) is 3.26. The van der Waals surface area contributed by atoms with Gasteiger partial charge < -0.3 is 4.74 Å². The van der Waals surface area contributed by atoms with Crippen LogP contribution in [0.15, 0.2) is 0 Å². The predicted molar refractivity (Wildman–Crippen MR) is 59.0 cm³/mol. The zero-order chi connectivity index (χ0) is 11.1. The van der Waals surface area contributed by atoms with Crippen molar-refractivity contribution in [2.24, 2.45) is 17.8 Å². The molecule has 3 unspecified atom stereocenters. The maximum absolute atomic E-state index is 9.59. The molecule has 0 aromatic carbocycles. The summed E-state index contributed by atoms with van der Waals surface area (Å²) in [6.45, 7) is 8.51. The van der Waals surface area contributed by atoms with Gasteiger partial charge >= 0.3 is 5.97 Å². The highest BCUT2D eigenvalue weighted by molar-refractivity contribution is 5.65. The smallest absolute Gasteiger partial charge is 0.302 e. The van der Waals surface area contributed by atoms with Crippen molar-refractivity contribution in [3.63, 3.8) is 0 Å². The molecule has 1 fully saturated rings. The molecule has 3 atom stereocenters. The molecule has 1 rings (SSSR count). The van der Waals surface area contributed by atoms with E-state index in [1.165, 1.54) is 33.3 Å². The fourth-order valence-corrected chi connectivity index (χ4v) is 1.82. The van der Waals surface area contributed by atoms with E-state index in [0.29, 0.717) is 0 Å². The number of ether oxygens (including phenoxy) is 1. The Morgan fingerprint density at radius 3 is 1.93 bits per heavy atom. The lowest BCUT2D eigenvalue weighted by Gasteiger charge is -2.29. The molecule has 0 bridgehead atoms. The van der Waals surface area contributed by atoms with E-state index in [4.69, 9.17) is 0 Å². The molecule has 2 heteroatoms. The van der Waals surface area contributed by atoms with Crippen molar-refractivity contribution < 1.29 is 9.53 Å². The second-order valence-electron chi connectivity index (χ2n) is 4.57. The molecule has 0 radical (unpaired) electrons. The van der Waals surface area contributed by atoms with Gasteiger partial charge in [0.1, 0.15) is 0 Å². The quantitative estimate of drug-likeness (QED) is 0.561. The minimum atomic E-state index is -0.245. The highest BCUT2D eigenvalue weighted by Crippen LogP contribution is 2.32. The van der Waals surface area contributed by atoms with Crippen LogP contribution < -0.4 is 0 Å². The van der Waals surface area contributed by atoms with Crippen LogP contribution >= 0.6 is 0 Å². The summed E-state index contributed by atoms with van der Waals surface area (Å²) in [5.74, 6) is 2.72. The summed E-state index contributed by atoms with van der Waals surface area (Å²) in [5, 5.41) is 0. The van der Waals surface area contributed by atoms with Gasteiger partial charge in [0.25, 0.3) is 0 Å². The Kier molecular flexibility index (Phi) is 6.60. The third-order valence-corrected chi connectivity index (χ3v) is 3.15. The van der Waals surface area contributed by atoms with Crippen molar-refractivity contribution >= 4 is 5.97 Å². The zero-order valence-corrected chi connectivity index (χ0v) is 10.2. The van der Waals surface area contributed by atoms with Crippen LogP contribution in [0.1, 0.15) is 47.0 Å². The van der Waals surface area contributed by atoms with E-state index in [2.05, 4.69) is 25.5 Å². The van der Waals surface area contributed by atoms with Gasteiger partial charge in [0.2, 0.25) is 0 Å². The SMILES string of the molecule is CC1CCC(C)C(C)C1.COC(C)=O. The number of hydrogen-bond donors (Lipinski definition) is 0. The van der Waals surface area contributed by atoms with Gasteiger partial charge in [-0.3, -0.25) is 4.79 Å². The van der Waals surface area contributed by atoms with Crippen molar-refractivity contribution in [2.45, 2.75) is 47.0 Å². The highest BCUT2D eigenvalue weighted by Gasteiger charge is 2.20. The second-order valence-corrected chi connectivity index (χ2v) is 4.57. The molecule has 0 aliphatic heterocycles. The highest BCUT2D eigenvalue weighted by atomic mass is 16.5. The summed E-state index contributed by atoms with van der Waals surface area (Å²) in [6, 6.07) is 0. The molecule has 0 N–H and O–H groups in total. The van der Waals surface area contributed by atoms with E-state index in [-0.39, 0.29) is 5.97 Å². The number of rotatable bonds is 0. The Morgan fingerprint density at radius 1 is 1.14 bits per heavy atom. The van der Waals surface area contributed by atoms with E-state index < -0.39 is 0 Å². The number of carbonyl (C=O) groups excluding carboxylic acids is 1. The van der Waals surface area contributed by atoms with Crippen molar-refractivity contribution in [2.75, 3.05) is 7.11 Å². The van der Waals surface area contributed by atoms with Crippen molar-refractivity contribution in [3.05, 3.63) is 0 Å². The summed E-state index contributed by atoms with van der Waals surface area (Å²) in [6.07, 6.45) is 4.38. The van der Waals surface area contributed by atoms with Crippen LogP contribution in [-0.2, 0) is 9.53 Å². The van der Waals surface area contributed by atoms with Crippen molar-refractivity contribution in [1.82, 2.24) is 0 Å². The first-order chi connectivity index (χ1) is 6.47. The maximum Gasteiger partial charge on any atom is 0.302 e. The van der Waals surface area contributed by atoms with Crippen LogP contribution in [0.5, 0.6) is 0 Å². The monoisotopic (exact) mass is 200 g/mol. The van der Waals surface area contributed by atoms with Gasteiger partial charge in [-0.1, -0.05) is 33.6 Å². The Morgan fingerprint density at radius 2 is 1.64 bits per heavy atom. The minimum Gasteiger partial charge on any atom is -0.469 e. The largest absolute Gasteiger partial charge is 0.469 e. The van der Waals surface area contributed by atoms with Crippen molar-refractivity contribution in [3.8, 4) is 0 Å². The first-order valence-corrected chi connectivity index (χ1v) is 5.51. The Hall–Kier alpha value is -0.530. The summed E-state index contributed by atoms with van der Waals surface area (Å²) >= 11 is 0. The molecular weight excluding hydrogens is 176 g/mol.